The molecule has 3 aliphatic rings. The SMILES string of the molecule is OCC12CC(CO1)C2. The lowest BCUT2D eigenvalue weighted by Crippen LogP contribution is -2.39. The Morgan fingerprint density at radius 3 is 2.62 bits per heavy atom. The van der Waals surface area contributed by atoms with Crippen molar-refractivity contribution in [1.82, 2.24) is 0 Å². The van der Waals surface area contributed by atoms with Gasteiger partial charge in [0.25, 0.3) is 0 Å². The van der Waals surface area contributed by atoms with Gasteiger partial charge in [0.1, 0.15) is 0 Å². The first-order valence-corrected chi connectivity index (χ1v) is 3.09. The molecule has 3 rings (SSSR count). The molecule has 0 aromatic rings. The first kappa shape index (κ1) is 4.77. The highest BCUT2D eigenvalue weighted by atomic mass is 16.5. The molecule has 0 aromatic carbocycles. The maximum Gasteiger partial charge on any atom is 0.0919 e. The largest absolute Gasteiger partial charge is 0.393 e. The summed E-state index contributed by atoms with van der Waals surface area (Å²) in [5, 5.41) is 8.74. The van der Waals surface area contributed by atoms with Crippen LogP contribution in [0.2, 0.25) is 0 Å². The van der Waals surface area contributed by atoms with Gasteiger partial charge in [-0.15, -0.1) is 0 Å². The van der Waals surface area contributed by atoms with Gasteiger partial charge in [0.05, 0.1) is 18.8 Å². The minimum absolute atomic E-state index is 0.0648. The topological polar surface area (TPSA) is 29.5 Å². The van der Waals surface area contributed by atoms with Gasteiger partial charge < -0.3 is 9.84 Å². The fourth-order valence-corrected chi connectivity index (χ4v) is 1.70. The van der Waals surface area contributed by atoms with E-state index in [-0.39, 0.29) is 12.2 Å². The van der Waals surface area contributed by atoms with E-state index >= 15 is 0 Å². The number of fused-ring (bicyclic) bond motifs is 1. The molecule has 1 saturated carbocycles. The van der Waals surface area contributed by atoms with Crippen molar-refractivity contribution in [2.45, 2.75) is 18.4 Å². The van der Waals surface area contributed by atoms with E-state index in [1.807, 2.05) is 0 Å². The zero-order valence-electron chi connectivity index (χ0n) is 4.76. The molecule has 0 amide bonds. The van der Waals surface area contributed by atoms with Crippen molar-refractivity contribution in [3.05, 3.63) is 0 Å². The van der Waals surface area contributed by atoms with E-state index < -0.39 is 0 Å². The summed E-state index contributed by atoms with van der Waals surface area (Å²) in [6, 6.07) is 0. The Kier molecular flexibility index (Phi) is 0.746. The zero-order chi connectivity index (χ0) is 5.61. The summed E-state index contributed by atoms with van der Waals surface area (Å²) in [5.74, 6) is 0.780. The van der Waals surface area contributed by atoms with Crippen LogP contribution in [0.15, 0.2) is 0 Å². The second kappa shape index (κ2) is 1.25. The van der Waals surface area contributed by atoms with Crippen LogP contribution in [0.1, 0.15) is 12.8 Å². The van der Waals surface area contributed by atoms with Gasteiger partial charge in [0.2, 0.25) is 0 Å². The van der Waals surface area contributed by atoms with Crippen LogP contribution >= 0.6 is 0 Å². The summed E-state index contributed by atoms with van der Waals surface area (Å²) in [6.07, 6.45) is 2.20. The van der Waals surface area contributed by atoms with Crippen LogP contribution in [0.25, 0.3) is 0 Å². The molecule has 0 aromatic heterocycles. The average Bonchev–Trinajstić information content (AvgIpc) is 2.17. The Morgan fingerprint density at radius 1 is 1.62 bits per heavy atom. The van der Waals surface area contributed by atoms with Gasteiger partial charge in [0.15, 0.2) is 0 Å². The van der Waals surface area contributed by atoms with E-state index in [0.29, 0.717) is 0 Å². The molecule has 2 heterocycles. The monoisotopic (exact) mass is 114 g/mol. The zero-order valence-corrected chi connectivity index (χ0v) is 4.76. The smallest absolute Gasteiger partial charge is 0.0919 e. The third kappa shape index (κ3) is 0.400. The molecule has 0 atom stereocenters. The van der Waals surface area contributed by atoms with E-state index in [1.54, 1.807) is 0 Å². The first-order chi connectivity index (χ1) is 3.85. The first-order valence-electron chi connectivity index (χ1n) is 3.09. The van der Waals surface area contributed by atoms with Crippen LogP contribution in [-0.2, 0) is 4.74 Å². The minimum Gasteiger partial charge on any atom is -0.393 e. The van der Waals surface area contributed by atoms with Crippen molar-refractivity contribution in [1.29, 1.82) is 0 Å². The van der Waals surface area contributed by atoms with Crippen LogP contribution in [-0.4, -0.2) is 23.9 Å². The molecular formula is C6H10O2. The van der Waals surface area contributed by atoms with Crippen molar-refractivity contribution < 1.29 is 9.84 Å². The Labute approximate surface area is 48.5 Å². The fourth-order valence-electron chi connectivity index (χ4n) is 1.70. The summed E-state index contributed by atoms with van der Waals surface area (Å²) in [6.45, 7) is 1.12. The second-order valence-corrected chi connectivity index (χ2v) is 2.93. The molecule has 46 valence electrons. The van der Waals surface area contributed by atoms with Gasteiger partial charge in [-0.2, -0.15) is 0 Å². The van der Waals surface area contributed by atoms with Crippen molar-refractivity contribution in [2.75, 3.05) is 13.2 Å². The highest BCUT2D eigenvalue weighted by molar-refractivity contribution is 5.00. The molecule has 0 radical (unpaired) electrons. The Morgan fingerprint density at radius 2 is 2.38 bits per heavy atom. The van der Waals surface area contributed by atoms with Gasteiger partial charge in [-0.1, -0.05) is 0 Å². The van der Waals surface area contributed by atoms with Crippen LogP contribution in [0, 0.1) is 5.92 Å². The average molecular weight is 114 g/mol. The molecule has 1 aliphatic carbocycles. The van der Waals surface area contributed by atoms with E-state index in [0.717, 1.165) is 25.4 Å². The van der Waals surface area contributed by atoms with Gasteiger partial charge in [-0.25, -0.2) is 0 Å². The minimum atomic E-state index is -0.0648. The van der Waals surface area contributed by atoms with Crippen molar-refractivity contribution in [2.24, 2.45) is 5.92 Å². The molecule has 0 spiro atoms. The Balaban J connectivity index is 2.09. The molecule has 2 saturated heterocycles. The maximum atomic E-state index is 8.74. The molecule has 2 aliphatic heterocycles. The second-order valence-electron chi connectivity index (χ2n) is 2.93. The third-order valence-electron chi connectivity index (χ3n) is 2.23. The van der Waals surface area contributed by atoms with Crippen LogP contribution in [0.3, 0.4) is 0 Å². The van der Waals surface area contributed by atoms with E-state index in [2.05, 4.69) is 0 Å². The van der Waals surface area contributed by atoms with E-state index in [4.69, 9.17) is 9.84 Å². The molecule has 2 bridgehead atoms. The lowest BCUT2D eigenvalue weighted by Gasteiger charge is -2.33. The summed E-state index contributed by atoms with van der Waals surface area (Å²) >= 11 is 0. The summed E-state index contributed by atoms with van der Waals surface area (Å²) in [7, 11) is 0. The number of aliphatic hydroxyl groups excluding tert-OH is 1. The molecular weight excluding hydrogens is 104 g/mol. The van der Waals surface area contributed by atoms with Gasteiger partial charge >= 0.3 is 0 Å². The molecule has 0 unspecified atom stereocenters. The summed E-state index contributed by atoms with van der Waals surface area (Å²) in [4.78, 5) is 0. The van der Waals surface area contributed by atoms with Crippen molar-refractivity contribution in [3.63, 3.8) is 0 Å². The molecule has 8 heavy (non-hydrogen) atoms. The Hall–Kier alpha value is -0.0800. The number of ether oxygens (including phenoxy) is 1. The van der Waals surface area contributed by atoms with Crippen molar-refractivity contribution >= 4 is 0 Å². The van der Waals surface area contributed by atoms with E-state index in [9.17, 15) is 0 Å². The predicted molar refractivity (Wildman–Crippen MR) is 28.5 cm³/mol. The van der Waals surface area contributed by atoms with Gasteiger partial charge in [-0.05, 0) is 18.8 Å². The quantitative estimate of drug-likeness (QED) is 0.526. The number of rotatable bonds is 1. The number of aliphatic hydroxyl groups is 1. The summed E-state index contributed by atoms with van der Waals surface area (Å²) < 4.78 is 5.31. The van der Waals surface area contributed by atoms with Crippen LogP contribution in [0.5, 0.6) is 0 Å². The molecule has 2 heteroatoms. The van der Waals surface area contributed by atoms with Gasteiger partial charge in [0, 0.05) is 0 Å². The van der Waals surface area contributed by atoms with Crippen LogP contribution < -0.4 is 0 Å². The lowest BCUT2D eigenvalue weighted by atomic mass is 9.75. The normalized spacial score (nSPS) is 51.4. The van der Waals surface area contributed by atoms with Gasteiger partial charge in [-0.3, -0.25) is 0 Å². The number of hydrogen-bond donors (Lipinski definition) is 1. The third-order valence-corrected chi connectivity index (χ3v) is 2.23. The highest BCUT2D eigenvalue weighted by Crippen LogP contribution is 2.47. The molecule has 2 nitrogen and oxygen atoms in total. The summed E-state index contributed by atoms with van der Waals surface area (Å²) in [5.41, 5.74) is -0.0648. The highest BCUT2D eigenvalue weighted by Gasteiger charge is 2.51. The Bertz CT molecular complexity index is 99.6. The van der Waals surface area contributed by atoms with Crippen LogP contribution in [0.4, 0.5) is 0 Å². The molecule has 3 fully saturated rings. The standard InChI is InChI=1S/C6H10O2/c7-4-6-1-5(2-6)3-8-6/h5,7H,1-4H2. The lowest BCUT2D eigenvalue weighted by molar-refractivity contribution is -0.0438. The fraction of sp³-hybridized carbons (Fsp3) is 1.00. The van der Waals surface area contributed by atoms with E-state index in [1.165, 1.54) is 0 Å². The van der Waals surface area contributed by atoms with Crippen molar-refractivity contribution in [3.8, 4) is 0 Å². The number of hydrogen-bond acceptors (Lipinski definition) is 2. The maximum absolute atomic E-state index is 8.74. The predicted octanol–water partition coefficient (Wildman–Crippen LogP) is 0.158. The molecule has 1 N–H and O–H groups in total.